The van der Waals surface area contributed by atoms with Crippen molar-refractivity contribution in [3.63, 3.8) is 0 Å². The SMILES string of the molecule is CC[C@H](CN1CCOCC1)NS(=O)(=O)c1cc(-c2onc(C)c2C)ccc1OC. The van der Waals surface area contributed by atoms with E-state index in [1.54, 1.807) is 18.2 Å². The van der Waals surface area contributed by atoms with Crippen molar-refractivity contribution >= 4 is 10.0 Å². The second-order valence-corrected chi connectivity index (χ2v) is 8.91. The highest BCUT2D eigenvalue weighted by molar-refractivity contribution is 7.89. The van der Waals surface area contributed by atoms with Gasteiger partial charge in [0.1, 0.15) is 10.6 Å². The normalized spacial score (nSPS) is 16.7. The maximum Gasteiger partial charge on any atom is 0.244 e. The van der Waals surface area contributed by atoms with E-state index >= 15 is 0 Å². The number of methoxy groups -OCH3 is 1. The minimum absolute atomic E-state index is 0.0892. The van der Waals surface area contributed by atoms with Crippen LogP contribution in [0.3, 0.4) is 0 Å². The highest BCUT2D eigenvalue weighted by atomic mass is 32.2. The van der Waals surface area contributed by atoms with Crippen molar-refractivity contribution in [2.75, 3.05) is 40.0 Å². The molecule has 0 unspecified atom stereocenters. The molecular formula is C20H29N3O5S. The van der Waals surface area contributed by atoms with Crippen molar-refractivity contribution in [1.82, 2.24) is 14.8 Å². The molecule has 0 saturated carbocycles. The van der Waals surface area contributed by atoms with Gasteiger partial charge >= 0.3 is 0 Å². The molecule has 0 bridgehead atoms. The van der Waals surface area contributed by atoms with E-state index in [2.05, 4.69) is 14.8 Å². The number of sulfonamides is 1. The lowest BCUT2D eigenvalue weighted by atomic mass is 10.1. The Morgan fingerprint density at radius 1 is 1.28 bits per heavy atom. The fourth-order valence-corrected chi connectivity index (χ4v) is 4.85. The fourth-order valence-electron chi connectivity index (χ4n) is 3.34. The van der Waals surface area contributed by atoms with E-state index < -0.39 is 10.0 Å². The summed E-state index contributed by atoms with van der Waals surface area (Å²) in [4.78, 5) is 2.31. The van der Waals surface area contributed by atoms with Crippen molar-refractivity contribution in [2.45, 2.75) is 38.1 Å². The Morgan fingerprint density at radius 2 is 2.00 bits per heavy atom. The molecule has 1 fully saturated rings. The van der Waals surface area contributed by atoms with E-state index in [-0.39, 0.29) is 16.7 Å². The van der Waals surface area contributed by atoms with Crippen molar-refractivity contribution in [3.8, 4) is 17.1 Å². The predicted molar refractivity (Wildman–Crippen MR) is 110 cm³/mol. The maximum absolute atomic E-state index is 13.2. The number of rotatable bonds is 8. The molecule has 0 spiro atoms. The first-order chi connectivity index (χ1) is 13.9. The lowest BCUT2D eigenvalue weighted by Gasteiger charge is -2.30. The lowest BCUT2D eigenvalue weighted by Crippen LogP contribution is -2.47. The van der Waals surface area contributed by atoms with Crippen molar-refractivity contribution in [2.24, 2.45) is 0 Å². The van der Waals surface area contributed by atoms with Gasteiger partial charge in [0.15, 0.2) is 5.76 Å². The zero-order valence-electron chi connectivity index (χ0n) is 17.4. The summed E-state index contributed by atoms with van der Waals surface area (Å²) in [7, 11) is -2.34. The molecule has 1 aromatic heterocycles. The largest absolute Gasteiger partial charge is 0.495 e. The van der Waals surface area contributed by atoms with E-state index in [1.807, 2.05) is 20.8 Å². The summed E-state index contributed by atoms with van der Waals surface area (Å²) in [6.07, 6.45) is 0.680. The molecule has 1 saturated heterocycles. The van der Waals surface area contributed by atoms with E-state index in [9.17, 15) is 8.42 Å². The molecule has 1 N–H and O–H groups in total. The van der Waals surface area contributed by atoms with Crippen LogP contribution in [0, 0.1) is 13.8 Å². The average molecular weight is 424 g/mol. The number of nitrogens with zero attached hydrogens (tertiary/aromatic N) is 2. The summed E-state index contributed by atoms with van der Waals surface area (Å²) in [5.41, 5.74) is 2.30. The Hall–Kier alpha value is -1.94. The van der Waals surface area contributed by atoms with Crippen LogP contribution in [0.5, 0.6) is 5.75 Å². The zero-order valence-corrected chi connectivity index (χ0v) is 18.2. The van der Waals surface area contributed by atoms with E-state index in [4.69, 9.17) is 14.0 Å². The summed E-state index contributed by atoms with van der Waals surface area (Å²) >= 11 is 0. The molecule has 1 atom stereocenters. The van der Waals surface area contributed by atoms with Crippen LogP contribution in [-0.4, -0.2) is 64.5 Å². The highest BCUT2D eigenvalue weighted by Gasteiger charge is 2.26. The van der Waals surface area contributed by atoms with Crippen LogP contribution in [-0.2, 0) is 14.8 Å². The Balaban J connectivity index is 1.87. The van der Waals surface area contributed by atoms with Gasteiger partial charge in [-0.05, 0) is 38.5 Å². The number of aryl methyl sites for hydroxylation is 1. The first kappa shape index (κ1) is 21.8. The molecule has 1 aliphatic rings. The Labute approximate surface area is 172 Å². The summed E-state index contributed by atoms with van der Waals surface area (Å²) in [5.74, 6) is 0.846. The van der Waals surface area contributed by atoms with Gasteiger partial charge in [-0.2, -0.15) is 0 Å². The quantitative estimate of drug-likeness (QED) is 0.696. The number of hydrogen-bond donors (Lipinski definition) is 1. The monoisotopic (exact) mass is 423 g/mol. The van der Waals surface area contributed by atoms with Crippen LogP contribution < -0.4 is 9.46 Å². The van der Waals surface area contributed by atoms with Gasteiger partial charge in [-0.3, -0.25) is 4.90 Å². The third-order valence-corrected chi connectivity index (χ3v) is 6.81. The van der Waals surface area contributed by atoms with Crippen molar-refractivity contribution < 1.29 is 22.4 Å². The smallest absolute Gasteiger partial charge is 0.244 e. The van der Waals surface area contributed by atoms with Crippen LogP contribution in [0.25, 0.3) is 11.3 Å². The van der Waals surface area contributed by atoms with Crippen LogP contribution in [0.2, 0.25) is 0 Å². The molecule has 2 aromatic rings. The van der Waals surface area contributed by atoms with Gasteiger partial charge in [-0.1, -0.05) is 12.1 Å². The molecule has 29 heavy (non-hydrogen) atoms. The van der Waals surface area contributed by atoms with E-state index in [0.29, 0.717) is 37.5 Å². The number of nitrogens with one attached hydrogen (secondary N) is 1. The first-order valence-electron chi connectivity index (χ1n) is 9.79. The fraction of sp³-hybridized carbons (Fsp3) is 0.550. The van der Waals surface area contributed by atoms with Gasteiger partial charge in [0.05, 0.1) is 26.0 Å². The first-order valence-corrected chi connectivity index (χ1v) is 11.3. The minimum Gasteiger partial charge on any atom is -0.495 e. The standard InChI is InChI=1S/C20H29N3O5S/c1-5-17(13-23-8-10-27-11-9-23)22-29(24,25)19-12-16(6-7-18(19)26-4)20-14(2)15(3)21-28-20/h6-7,12,17,22H,5,8-11,13H2,1-4H3/t17-/m1/s1. The highest BCUT2D eigenvalue weighted by Crippen LogP contribution is 2.32. The maximum atomic E-state index is 13.2. The lowest BCUT2D eigenvalue weighted by molar-refractivity contribution is 0.0344. The summed E-state index contributed by atoms with van der Waals surface area (Å²) < 4.78 is 45.4. The second kappa shape index (κ2) is 9.25. The topological polar surface area (TPSA) is 93.9 Å². The molecule has 0 amide bonds. The summed E-state index contributed by atoms with van der Waals surface area (Å²) in [6, 6.07) is 4.79. The molecule has 8 nitrogen and oxygen atoms in total. The number of aromatic nitrogens is 1. The predicted octanol–water partition coefficient (Wildman–Crippen LogP) is 2.36. The average Bonchev–Trinajstić information content (AvgIpc) is 3.06. The van der Waals surface area contributed by atoms with Gasteiger partial charge in [0.2, 0.25) is 10.0 Å². The van der Waals surface area contributed by atoms with E-state index in [0.717, 1.165) is 24.3 Å². The summed E-state index contributed by atoms with van der Waals surface area (Å²) in [5, 5.41) is 3.97. The third-order valence-electron chi connectivity index (χ3n) is 5.27. The molecule has 1 aliphatic heterocycles. The van der Waals surface area contributed by atoms with Gasteiger partial charge < -0.3 is 14.0 Å². The van der Waals surface area contributed by atoms with Crippen LogP contribution in [0.4, 0.5) is 0 Å². The molecular weight excluding hydrogens is 394 g/mol. The number of hydrogen-bond acceptors (Lipinski definition) is 7. The molecule has 3 rings (SSSR count). The summed E-state index contributed by atoms with van der Waals surface area (Å²) in [6.45, 7) is 9.32. The third kappa shape index (κ3) is 4.98. The van der Waals surface area contributed by atoms with Crippen LogP contribution in [0.15, 0.2) is 27.6 Å². The number of morpholine rings is 1. The van der Waals surface area contributed by atoms with Crippen LogP contribution in [0.1, 0.15) is 24.6 Å². The van der Waals surface area contributed by atoms with Gasteiger partial charge in [-0.15, -0.1) is 0 Å². The van der Waals surface area contributed by atoms with Crippen molar-refractivity contribution in [3.05, 3.63) is 29.5 Å². The van der Waals surface area contributed by atoms with Gasteiger partial charge in [-0.25, -0.2) is 13.1 Å². The van der Waals surface area contributed by atoms with E-state index in [1.165, 1.54) is 7.11 Å². The van der Waals surface area contributed by atoms with Crippen LogP contribution >= 0.6 is 0 Å². The minimum atomic E-state index is -3.80. The molecule has 9 heteroatoms. The zero-order chi connectivity index (χ0) is 21.0. The number of benzene rings is 1. The molecule has 0 radical (unpaired) electrons. The molecule has 0 aliphatic carbocycles. The molecule has 1 aromatic carbocycles. The Bertz CT molecular complexity index is 936. The molecule has 2 heterocycles. The Morgan fingerprint density at radius 3 is 2.59 bits per heavy atom. The number of ether oxygens (including phenoxy) is 2. The van der Waals surface area contributed by atoms with Gasteiger partial charge in [0.25, 0.3) is 0 Å². The molecule has 160 valence electrons. The second-order valence-electron chi connectivity index (χ2n) is 7.23. The van der Waals surface area contributed by atoms with Crippen molar-refractivity contribution in [1.29, 1.82) is 0 Å². The van der Waals surface area contributed by atoms with Gasteiger partial charge in [0, 0.05) is 36.8 Å². The Kier molecular flexibility index (Phi) is 6.94.